The first kappa shape index (κ1) is 17.7. The number of ketones is 1. The molecular formula is C20H23BrO2. The summed E-state index contributed by atoms with van der Waals surface area (Å²) in [6, 6.07) is 16.2. The summed E-state index contributed by atoms with van der Waals surface area (Å²) in [6.07, 6.45) is 2.48. The minimum Gasteiger partial charge on any atom is -0.489 e. The molecule has 0 bridgehead atoms. The second-order valence-electron chi connectivity index (χ2n) is 5.91. The summed E-state index contributed by atoms with van der Waals surface area (Å²) in [6.45, 7) is 4.35. The van der Waals surface area contributed by atoms with E-state index in [4.69, 9.17) is 4.74 Å². The third-order valence-corrected chi connectivity index (χ3v) is 4.42. The fourth-order valence-electron chi connectivity index (χ4n) is 2.66. The Morgan fingerprint density at radius 3 is 2.57 bits per heavy atom. The van der Waals surface area contributed by atoms with Crippen LogP contribution < -0.4 is 4.74 Å². The van der Waals surface area contributed by atoms with Crippen molar-refractivity contribution in [3.05, 3.63) is 64.1 Å². The number of Topliss-reactive ketones (excluding diaryl/α,β-unsaturated/α-hetero) is 1. The third kappa shape index (κ3) is 5.83. The van der Waals surface area contributed by atoms with Crippen molar-refractivity contribution in [2.75, 3.05) is 0 Å². The highest BCUT2D eigenvalue weighted by atomic mass is 79.9. The van der Waals surface area contributed by atoms with Crippen molar-refractivity contribution >= 4 is 21.7 Å². The van der Waals surface area contributed by atoms with Crippen LogP contribution in [-0.4, -0.2) is 5.78 Å². The Balaban J connectivity index is 2.11. The normalized spacial score (nSPS) is 12.0. The van der Waals surface area contributed by atoms with E-state index in [2.05, 4.69) is 41.1 Å². The van der Waals surface area contributed by atoms with Gasteiger partial charge in [0.05, 0.1) is 0 Å². The van der Waals surface area contributed by atoms with E-state index >= 15 is 0 Å². The zero-order valence-electron chi connectivity index (χ0n) is 13.7. The maximum Gasteiger partial charge on any atom is 0.130 e. The summed E-state index contributed by atoms with van der Waals surface area (Å²) in [4.78, 5) is 11.4. The van der Waals surface area contributed by atoms with Crippen molar-refractivity contribution in [1.82, 2.24) is 0 Å². The van der Waals surface area contributed by atoms with Crippen LogP contribution in [0.2, 0.25) is 0 Å². The Hall–Kier alpha value is -1.61. The van der Waals surface area contributed by atoms with E-state index in [-0.39, 0.29) is 5.78 Å². The number of hydrogen-bond acceptors (Lipinski definition) is 2. The molecule has 0 radical (unpaired) electrons. The van der Waals surface area contributed by atoms with Gasteiger partial charge < -0.3 is 9.53 Å². The summed E-state index contributed by atoms with van der Waals surface area (Å²) >= 11 is 3.53. The van der Waals surface area contributed by atoms with Crippen LogP contribution in [-0.2, 0) is 17.8 Å². The highest BCUT2D eigenvalue weighted by Crippen LogP contribution is 2.28. The van der Waals surface area contributed by atoms with Crippen LogP contribution in [0.5, 0.6) is 5.75 Å². The van der Waals surface area contributed by atoms with Gasteiger partial charge in [-0.3, -0.25) is 0 Å². The van der Waals surface area contributed by atoms with Crippen molar-refractivity contribution in [2.24, 2.45) is 5.92 Å². The molecule has 2 aromatic carbocycles. The molecule has 2 nitrogen and oxygen atoms in total. The van der Waals surface area contributed by atoms with Gasteiger partial charge >= 0.3 is 0 Å². The van der Waals surface area contributed by atoms with Gasteiger partial charge in [-0.25, -0.2) is 0 Å². The van der Waals surface area contributed by atoms with Gasteiger partial charge in [0, 0.05) is 10.9 Å². The second-order valence-corrected chi connectivity index (χ2v) is 6.83. The summed E-state index contributed by atoms with van der Waals surface area (Å²) < 4.78 is 7.06. The molecule has 3 heteroatoms. The second kappa shape index (κ2) is 8.88. The van der Waals surface area contributed by atoms with Crippen molar-refractivity contribution < 1.29 is 9.53 Å². The zero-order chi connectivity index (χ0) is 16.7. The first-order valence-corrected chi connectivity index (χ1v) is 8.82. The molecule has 2 aromatic rings. The van der Waals surface area contributed by atoms with Crippen molar-refractivity contribution in [1.29, 1.82) is 0 Å². The first-order valence-electron chi connectivity index (χ1n) is 8.03. The Morgan fingerprint density at radius 1 is 1.17 bits per heavy atom. The Morgan fingerprint density at radius 2 is 1.91 bits per heavy atom. The molecule has 0 spiro atoms. The predicted molar refractivity (Wildman–Crippen MR) is 97.7 cm³/mol. The number of ether oxygens (including phenoxy) is 1. The molecule has 0 aromatic heterocycles. The molecule has 0 N–H and O–H groups in total. The van der Waals surface area contributed by atoms with E-state index < -0.39 is 0 Å². The highest BCUT2D eigenvalue weighted by molar-refractivity contribution is 9.10. The van der Waals surface area contributed by atoms with Crippen LogP contribution >= 0.6 is 15.9 Å². The molecular weight excluding hydrogens is 352 g/mol. The molecule has 23 heavy (non-hydrogen) atoms. The lowest BCUT2D eigenvalue weighted by Gasteiger charge is -2.17. The van der Waals surface area contributed by atoms with Crippen LogP contribution in [0.15, 0.2) is 53.0 Å². The fourth-order valence-corrected chi connectivity index (χ4v) is 3.07. The van der Waals surface area contributed by atoms with Crippen LogP contribution in [0, 0.1) is 5.92 Å². The molecule has 0 aliphatic heterocycles. The molecule has 0 fully saturated rings. The standard InChI is InChI=1S/C20H23BrO2/c1-3-16(11-15(2)22)12-18-13-19(21)9-10-20(18)23-14-17-7-5-4-6-8-17/h4-10,13,16H,3,11-12,14H2,1-2H3. The Bertz CT molecular complexity index is 637. The van der Waals surface area contributed by atoms with E-state index in [1.807, 2.05) is 30.3 Å². The van der Waals surface area contributed by atoms with Gasteiger partial charge in [-0.1, -0.05) is 59.6 Å². The molecule has 122 valence electrons. The van der Waals surface area contributed by atoms with E-state index in [1.165, 1.54) is 0 Å². The molecule has 0 saturated heterocycles. The lowest BCUT2D eigenvalue weighted by Crippen LogP contribution is -2.09. The lowest BCUT2D eigenvalue weighted by atomic mass is 9.92. The number of hydrogen-bond donors (Lipinski definition) is 0. The number of halogens is 1. The summed E-state index contributed by atoms with van der Waals surface area (Å²) in [5, 5.41) is 0. The quantitative estimate of drug-likeness (QED) is 0.602. The van der Waals surface area contributed by atoms with E-state index in [9.17, 15) is 4.79 Å². The van der Waals surface area contributed by atoms with Gasteiger partial charge in [0.25, 0.3) is 0 Å². The summed E-state index contributed by atoms with van der Waals surface area (Å²) in [7, 11) is 0. The van der Waals surface area contributed by atoms with Gasteiger partial charge in [0.2, 0.25) is 0 Å². The Labute approximate surface area is 147 Å². The monoisotopic (exact) mass is 374 g/mol. The number of carbonyl (C=O) groups is 1. The Kier molecular flexibility index (Phi) is 6.85. The van der Waals surface area contributed by atoms with Crippen LogP contribution in [0.3, 0.4) is 0 Å². The molecule has 2 rings (SSSR count). The fraction of sp³-hybridized carbons (Fsp3) is 0.350. The third-order valence-electron chi connectivity index (χ3n) is 3.92. The predicted octanol–water partition coefficient (Wildman–Crippen LogP) is 5.58. The van der Waals surface area contributed by atoms with Gasteiger partial charge in [-0.05, 0) is 48.6 Å². The number of rotatable bonds is 8. The zero-order valence-corrected chi connectivity index (χ0v) is 15.3. The minimum atomic E-state index is 0.249. The lowest BCUT2D eigenvalue weighted by molar-refractivity contribution is -0.117. The van der Waals surface area contributed by atoms with Crippen LogP contribution in [0.4, 0.5) is 0 Å². The van der Waals surface area contributed by atoms with Crippen molar-refractivity contribution in [2.45, 2.75) is 39.7 Å². The topological polar surface area (TPSA) is 26.3 Å². The smallest absolute Gasteiger partial charge is 0.130 e. The van der Waals surface area contributed by atoms with Crippen molar-refractivity contribution in [3.63, 3.8) is 0 Å². The largest absolute Gasteiger partial charge is 0.489 e. The molecule has 0 saturated carbocycles. The van der Waals surface area contributed by atoms with Crippen LogP contribution in [0.25, 0.3) is 0 Å². The molecule has 0 aliphatic rings. The molecule has 0 amide bonds. The van der Waals surface area contributed by atoms with Crippen LogP contribution in [0.1, 0.15) is 37.8 Å². The molecule has 1 unspecified atom stereocenters. The summed E-state index contributed by atoms with van der Waals surface area (Å²) in [5.41, 5.74) is 2.31. The average molecular weight is 375 g/mol. The van der Waals surface area contributed by atoms with E-state index in [1.54, 1.807) is 6.92 Å². The number of carbonyl (C=O) groups excluding carboxylic acids is 1. The SMILES string of the molecule is CCC(CC(C)=O)Cc1cc(Br)ccc1OCc1ccccc1. The van der Waals surface area contributed by atoms with Gasteiger partial charge in [-0.2, -0.15) is 0 Å². The highest BCUT2D eigenvalue weighted by Gasteiger charge is 2.14. The maximum absolute atomic E-state index is 11.4. The maximum atomic E-state index is 11.4. The molecule has 0 heterocycles. The molecule has 1 atom stereocenters. The van der Waals surface area contributed by atoms with Gasteiger partial charge in [0.15, 0.2) is 0 Å². The van der Waals surface area contributed by atoms with E-state index in [0.29, 0.717) is 18.9 Å². The minimum absolute atomic E-state index is 0.249. The van der Waals surface area contributed by atoms with Gasteiger partial charge in [0.1, 0.15) is 18.1 Å². The molecule has 0 aliphatic carbocycles. The number of benzene rings is 2. The average Bonchev–Trinajstić information content (AvgIpc) is 2.54. The summed E-state index contributed by atoms with van der Waals surface area (Å²) in [5.74, 6) is 1.51. The first-order chi connectivity index (χ1) is 11.1. The van der Waals surface area contributed by atoms with Crippen molar-refractivity contribution in [3.8, 4) is 5.75 Å². The van der Waals surface area contributed by atoms with E-state index in [0.717, 1.165) is 34.2 Å². The van der Waals surface area contributed by atoms with Gasteiger partial charge in [-0.15, -0.1) is 0 Å².